The molecule has 0 saturated heterocycles. The summed E-state index contributed by atoms with van der Waals surface area (Å²) in [6.07, 6.45) is 0.772. The number of carbonyl (C=O) groups is 1. The summed E-state index contributed by atoms with van der Waals surface area (Å²) in [7, 11) is 0. The first kappa shape index (κ1) is 14.2. The van der Waals surface area contributed by atoms with Crippen molar-refractivity contribution >= 4 is 17.4 Å². The average molecular weight is 274 g/mol. The number of hydrogen-bond donors (Lipinski definition) is 1. The Labute approximate surface area is 118 Å². The van der Waals surface area contributed by atoms with Crippen LogP contribution in [0.15, 0.2) is 34.4 Å². The summed E-state index contributed by atoms with van der Waals surface area (Å²) in [6.45, 7) is 5.87. The van der Waals surface area contributed by atoms with Crippen LogP contribution in [0.25, 0.3) is 0 Å². The minimum absolute atomic E-state index is 0.146. The fourth-order valence-corrected chi connectivity index (χ4v) is 2.34. The second-order valence-corrected chi connectivity index (χ2v) is 5.28. The van der Waals surface area contributed by atoms with Crippen molar-refractivity contribution in [1.29, 1.82) is 0 Å². The van der Waals surface area contributed by atoms with Crippen LogP contribution in [0.4, 0.5) is 0 Å². The van der Waals surface area contributed by atoms with E-state index >= 15 is 0 Å². The quantitative estimate of drug-likeness (QED) is 0.397. The van der Waals surface area contributed by atoms with Crippen LogP contribution in [0.2, 0.25) is 0 Å². The summed E-state index contributed by atoms with van der Waals surface area (Å²) in [5, 5.41) is 12.3. The van der Waals surface area contributed by atoms with E-state index in [2.05, 4.69) is 10.1 Å². The van der Waals surface area contributed by atoms with E-state index in [1.54, 1.807) is 6.92 Å². The maximum absolute atomic E-state index is 11.9. The van der Waals surface area contributed by atoms with E-state index in [1.165, 1.54) is 0 Å². The molecule has 0 radical (unpaired) electrons. The van der Waals surface area contributed by atoms with E-state index in [4.69, 9.17) is 4.74 Å². The van der Waals surface area contributed by atoms with Crippen LogP contribution in [-0.4, -0.2) is 34.7 Å². The number of hydrogen-bond acceptors (Lipinski definition) is 5. The van der Waals surface area contributed by atoms with E-state index in [0.29, 0.717) is 5.71 Å². The summed E-state index contributed by atoms with van der Waals surface area (Å²) in [4.78, 5) is 16.5. The van der Waals surface area contributed by atoms with Crippen LogP contribution in [0.5, 0.6) is 0 Å². The summed E-state index contributed by atoms with van der Waals surface area (Å²) < 4.78 is 4.92. The van der Waals surface area contributed by atoms with Gasteiger partial charge >= 0.3 is 5.97 Å². The molecule has 0 fully saturated rings. The van der Waals surface area contributed by atoms with Crippen LogP contribution < -0.4 is 0 Å². The topological polar surface area (TPSA) is 71.2 Å². The number of carbonyl (C=O) groups excluding carboxylic acids is 1. The van der Waals surface area contributed by atoms with Gasteiger partial charge in [-0.1, -0.05) is 29.4 Å². The molecule has 0 bridgehead atoms. The van der Waals surface area contributed by atoms with Gasteiger partial charge in [0.15, 0.2) is 0 Å². The highest BCUT2D eigenvalue weighted by molar-refractivity contribution is 6.69. The first-order valence-electron chi connectivity index (χ1n) is 6.56. The van der Waals surface area contributed by atoms with Gasteiger partial charge in [-0.25, -0.2) is 4.79 Å². The van der Waals surface area contributed by atoms with Gasteiger partial charge in [0, 0.05) is 5.56 Å². The highest BCUT2D eigenvalue weighted by Crippen LogP contribution is 2.27. The highest BCUT2D eigenvalue weighted by Gasteiger charge is 2.32. The zero-order chi connectivity index (χ0) is 14.8. The zero-order valence-electron chi connectivity index (χ0n) is 11.9. The minimum Gasteiger partial charge on any atom is -0.461 e. The number of esters is 1. The predicted octanol–water partition coefficient (Wildman–Crippen LogP) is 2.20. The maximum Gasteiger partial charge on any atom is 0.362 e. The molecule has 1 aromatic rings. The molecule has 5 nitrogen and oxygen atoms in total. The minimum atomic E-state index is -0.666. The van der Waals surface area contributed by atoms with Gasteiger partial charge in [0.2, 0.25) is 5.71 Å². The molecule has 106 valence electrons. The monoisotopic (exact) mass is 274 g/mol. The molecule has 1 aromatic carbocycles. The van der Waals surface area contributed by atoms with Gasteiger partial charge in [0.1, 0.15) is 5.71 Å². The molecule has 1 aliphatic heterocycles. The van der Waals surface area contributed by atoms with E-state index < -0.39 is 5.97 Å². The standard InChI is InChI=1S/C15H18N2O3/c1-4-20-14(18)13(17-19)12-11-8-6-5-7-10(11)9-15(2,3)16-12/h5-8,19H,4,9H2,1-3H3/b17-13+. The van der Waals surface area contributed by atoms with E-state index in [0.717, 1.165) is 17.5 Å². The second-order valence-electron chi connectivity index (χ2n) is 5.28. The molecule has 5 heteroatoms. The summed E-state index contributed by atoms with van der Waals surface area (Å²) >= 11 is 0. The molecule has 0 aliphatic carbocycles. The number of rotatable bonds is 3. The lowest BCUT2D eigenvalue weighted by atomic mass is 9.85. The lowest BCUT2D eigenvalue weighted by molar-refractivity contribution is -0.134. The van der Waals surface area contributed by atoms with Crippen molar-refractivity contribution in [2.75, 3.05) is 6.61 Å². The van der Waals surface area contributed by atoms with E-state index in [-0.39, 0.29) is 17.9 Å². The fraction of sp³-hybridized carbons (Fsp3) is 0.400. The van der Waals surface area contributed by atoms with Gasteiger partial charge in [-0.3, -0.25) is 4.99 Å². The Kier molecular flexibility index (Phi) is 3.88. The third kappa shape index (κ3) is 2.71. The van der Waals surface area contributed by atoms with Crippen molar-refractivity contribution in [2.45, 2.75) is 32.7 Å². The number of aliphatic imine (C=N–C) groups is 1. The molecule has 0 atom stereocenters. The van der Waals surface area contributed by atoms with E-state index in [1.807, 2.05) is 38.1 Å². The first-order valence-corrected chi connectivity index (χ1v) is 6.56. The van der Waals surface area contributed by atoms with Gasteiger partial charge in [0.25, 0.3) is 0 Å². The maximum atomic E-state index is 11.9. The SMILES string of the molecule is CCOC(=O)/C(=N/O)C1=NC(C)(C)Cc2ccccc21. The molecule has 0 spiro atoms. The molecule has 20 heavy (non-hydrogen) atoms. The summed E-state index contributed by atoms with van der Waals surface area (Å²) in [5.74, 6) is -0.666. The van der Waals surface area contributed by atoms with Gasteiger partial charge in [-0.15, -0.1) is 0 Å². The Morgan fingerprint density at radius 1 is 1.45 bits per heavy atom. The van der Waals surface area contributed by atoms with Crippen LogP contribution in [0.3, 0.4) is 0 Å². The third-order valence-corrected chi connectivity index (χ3v) is 3.10. The smallest absolute Gasteiger partial charge is 0.362 e. The molecule has 0 aromatic heterocycles. The van der Waals surface area contributed by atoms with Crippen molar-refractivity contribution in [1.82, 2.24) is 0 Å². The molecule has 0 saturated carbocycles. The number of fused-ring (bicyclic) bond motifs is 1. The highest BCUT2D eigenvalue weighted by atomic mass is 16.5. The number of nitrogens with zero attached hydrogens (tertiary/aromatic N) is 2. The van der Waals surface area contributed by atoms with Crippen LogP contribution in [0.1, 0.15) is 31.9 Å². The third-order valence-electron chi connectivity index (χ3n) is 3.10. The Morgan fingerprint density at radius 2 is 2.15 bits per heavy atom. The molecule has 0 amide bonds. The van der Waals surface area contributed by atoms with Crippen LogP contribution in [-0.2, 0) is 16.0 Å². The van der Waals surface area contributed by atoms with Gasteiger partial charge < -0.3 is 9.94 Å². The van der Waals surface area contributed by atoms with Gasteiger partial charge in [-0.2, -0.15) is 0 Å². The second kappa shape index (κ2) is 5.45. The summed E-state index contributed by atoms with van der Waals surface area (Å²) in [5.41, 5.74) is 1.78. The van der Waals surface area contributed by atoms with Crippen molar-refractivity contribution in [3.05, 3.63) is 35.4 Å². The summed E-state index contributed by atoms with van der Waals surface area (Å²) in [6, 6.07) is 7.67. The van der Waals surface area contributed by atoms with Crippen molar-refractivity contribution in [3.63, 3.8) is 0 Å². The van der Waals surface area contributed by atoms with Crippen molar-refractivity contribution in [3.8, 4) is 0 Å². The van der Waals surface area contributed by atoms with Crippen LogP contribution in [0, 0.1) is 0 Å². The Bertz CT molecular complexity index is 589. The molecule has 1 aliphatic rings. The van der Waals surface area contributed by atoms with Gasteiger partial charge in [-0.05, 0) is 32.8 Å². The zero-order valence-corrected chi connectivity index (χ0v) is 11.9. The first-order chi connectivity index (χ1) is 9.48. The van der Waals surface area contributed by atoms with Crippen molar-refractivity contribution in [2.24, 2.45) is 10.1 Å². The fourth-order valence-electron chi connectivity index (χ4n) is 2.34. The van der Waals surface area contributed by atoms with E-state index in [9.17, 15) is 10.0 Å². The Morgan fingerprint density at radius 3 is 2.80 bits per heavy atom. The van der Waals surface area contributed by atoms with Crippen LogP contribution >= 0.6 is 0 Å². The number of benzene rings is 1. The molecule has 2 rings (SSSR count). The Balaban J connectivity index is 2.52. The largest absolute Gasteiger partial charge is 0.461 e. The predicted molar refractivity (Wildman–Crippen MR) is 76.6 cm³/mol. The van der Waals surface area contributed by atoms with Crippen molar-refractivity contribution < 1.29 is 14.7 Å². The molecule has 1 heterocycles. The lowest BCUT2D eigenvalue weighted by Crippen LogP contribution is -2.36. The number of oxime groups is 1. The number of ether oxygens (including phenoxy) is 1. The van der Waals surface area contributed by atoms with Gasteiger partial charge in [0.05, 0.1) is 12.1 Å². The average Bonchev–Trinajstić information content (AvgIpc) is 2.38. The Hall–Kier alpha value is -2.17. The molecule has 1 N–H and O–H groups in total. The lowest BCUT2D eigenvalue weighted by Gasteiger charge is -2.28. The molecular weight excluding hydrogens is 256 g/mol. The normalized spacial score (nSPS) is 17.1. The molecular formula is C15H18N2O3. The molecule has 0 unspecified atom stereocenters.